The number of phenols is 1. The predicted molar refractivity (Wildman–Crippen MR) is 148 cm³/mol. The van der Waals surface area contributed by atoms with Crippen LogP contribution in [0.25, 0.3) is 11.1 Å². The minimum Gasteiger partial charge on any atom is -0.505 e. The first-order valence-corrected chi connectivity index (χ1v) is 14.4. The molecule has 0 bridgehead atoms. The SMILES string of the molecule is CC(C)(C)OC(=O)COc1ccc(-c2ccccc2)cc1CS(=O)(=O)c1cc(C(=O)N2CCC2)cc(Cl)c1O. The molecule has 3 aromatic rings. The van der Waals surface area contributed by atoms with Gasteiger partial charge in [0.1, 0.15) is 16.2 Å². The highest BCUT2D eigenvalue weighted by atomic mass is 35.5. The van der Waals surface area contributed by atoms with Crippen molar-refractivity contribution in [2.45, 2.75) is 43.4 Å². The number of amides is 1. The van der Waals surface area contributed by atoms with E-state index in [0.717, 1.165) is 23.6 Å². The standard InChI is InChI=1S/C29H30ClNO7S/c1-29(2,3)38-26(32)17-37-24-11-10-20(19-8-5-4-6-9-19)14-22(24)18-39(35,36)25-16-21(15-23(30)27(25)33)28(34)31-12-7-13-31/h4-6,8-11,14-16,33H,7,12-13,17-18H2,1-3H3. The topological polar surface area (TPSA) is 110 Å². The number of hydrogen-bond acceptors (Lipinski definition) is 7. The molecule has 206 valence electrons. The number of phenolic OH excluding ortho intramolecular Hbond substituents is 1. The van der Waals surface area contributed by atoms with E-state index in [1.165, 1.54) is 6.07 Å². The molecule has 0 aliphatic carbocycles. The molecule has 1 amide bonds. The molecule has 1 aliphatic rings. The van der Waals surface area contributed by atoms with Crippen LogP contribution in [0.3, 0.4) is 0 Å². The van der Waals surface area contributed by atoms with E-state index in [2.05, 4.69) is 0 Å². The first kappa shape index (κ1) is 28.4. The van der Waals surface area contributed by atoms with Gasteiger partial charge in [-0.05, 0) is 62.6 Å². The van der Waals surface area contributed by atoms with E-state index >= 15 is 0 Å². The maximum Gasteiger partial charge on any atom is 0.344 e. The van der Waals surface area contributed by atoms with Crippen molar-refractivity contribution in [2.75, 3.05) is 19.7 Å². The number of ether oxygens (including phenoxy) is 2. The Morgan fingerprint density at radius 3 is 2.31 bits per heavy atom. The van der Waals surface area contributed by atoms with Crippen LogP contribution in [-0.2, 0) is 25.1 Å². The Bertz CT molecular complexity index is 1490. The van der Waals surface area contributed by atoms with Crippen LogP contribution in [0.1, 0.15) is 43.1 Å². The number of carbonyl (C=O) groups is 2. The number of likely N-dealkylation sites (tertiary alicyclic amines) is 1. The minimum absolute atomic E-state index is 0.0792. The molecule has 0 spiro atoms. The van der Waals surface area contributed by atoms with Gasteiger partial charge in [-0.2, -0.15) is 0 Å². The van der Waals surface area contributed by atoms with Gasteiger partial charge in [0.25, 0.3) is 5.91 Å². The fourth-order valence-corrected chi connectivity index (χ4v) is 5.85. The smallest absolute Gasteiger partial charge is 0.344 e. The molecule has 1 aliphatic heterocycles. The molecule has 39 heavy (non-hydrogen) atoms. The van der Waals surface area contributed by atoms with Gasteiger partial charge in [-0.1, -0.05) is 48.0 Å². The third-order valence-electron chi connectivity index (χ3n) is 6.03. The summed E-state index contributed by atoms with van der Waals surface area (Å²) in [5.41, 5.74) is 1.21. The quantitative estimate of drug-likeness (QED) is 0.367. The summed E-state index contributed by atoms with van der Waals surface area (Å²) in [5, 5.41) is 10.3. The fraction of sp³-hybridized carbons (Fsp3) is 0.310. The Hall–Kier alpha value is -3.56. The Morgan fingerprint density at radius 1 is 1.00 bits per heavy atom. The van der Waals surface area contributed by atoms with Gasteiger partial charge in [-0.3, -0.25) is 4.79 Å². The first-order chi connectivity index (χ1) is 18.3. The molecule has 0 unspecified atom stereocenters. The van der Waals surface area contributed by atoms with Gasteiger partial charge in [0.05, 0.1) is 10.8 Å². The Labute approximate surface area is 233 Å². The third kappa shape index (κ3) is 6.91. The second-order valence-corrected chi connectivity index (χ2v) is 12.6. The number of hydrogen-bond donors (Lipinski definition) is 1. The van der Waals surface area contributed by atoms with Crippen LogP contribution in [0, 0.1) is 0 Å². The summed E-state index contributed by atoms with van der Waals surface area (Å²) in [6.07, 6.45) is 0.868. The van der Waals surface area contributed by atoms with E-state index in [4.69, 9.17) is 21.1 Å². The van der Waals surface area contributed by atoms with E-state index < -0.39 is 44.4 Å². The monoisotopic (exact) mass is 571 g/mol. The van der Waals surface area contributed by atoms with Crippen molar-refractivity contribution in [3.63, 3.8) is 0 Å². The summed E-state index contributed by atoms with van der Waals surface area (Å²) < 4.78 is 38.3. The summed E-state index contributed by atoms with van der Waals surface area (Å²) in [7, 11) is -4.23. The van der Waals surface area contributed by atoms with Crippen molar-refractivity contribution >= 4 is 33.3 Å². The van der Waals surface area contributed by atoms with Gasteiger partial charge in [-0.25, -0.2) is 13.2 Å². The summed E-state index contributed by atoms with van der Waals surface area (Å²) >= 11 is 6.15. The number of nitrogens with zero attached hydrogens (tertiary/aromatic N) is 1. The number of esters is 1. The lowest BCUT2D eigenvalue weighted by Crippen LogP contribution is -2.42. The molecule has 1 fully saturated rings. The van der Waals surface area contributed by atoms with Crippen molar-refractivity contribution < 1.29 is 32.6 Å². The number of sulfone groups is 1. The molecule has 0 radical (unpaired) electrons. The second-order valence-electron chi connectivity index (χ2n) is 10.3. The second kappa shape index (κ2) is 11.3. The van der Waals surface area contributed by atoms with E-state index in [1.807, 2.05) is 30.3 Å². The number of halogens is 1. The average Bonchev–Trinajstić information content (AvgIpc) is 2.82. The Morgan fingerprint density at radius 2 is 1.69 bits per heavy atom. The molecule has 0 aromatic heterocycles. The van der Waals surface area contributed by atoms with Gasteiger partial charge >= 0.3 is 5.97 Å². The normalized spacial score (nSPS) is 13.5. The van der Waals surface area contributed by atoms with E-state index in [1.54, 1.807) is 43.9 Å². The van der Waals surface area contributed by atoms with E-state index in [-0.39, 0.29) is 27.8 Å². The Kier molecular flexibility index (Phi) is 8.23. The van der Waals surface area contributed by atoms with E-state index in [0.29, 0.717) is 13.1 Å². The third-order valence-corrected chi connectivity index (χ3v) is 7.99. The lowest BCUT2D eigenvalue weighted by molar-refractivity contribution is -0.157. The van der Waals surface area contributed by atoms with Crippen LogP contribution in [0.5, 0.6) is 11.5 Å². The van der Waals surface area contributed by atoms with Crippen LogP contribution >= 0.6 is 11.6 Å². The highest BCUT2D eigenvalue weighted by Gasteiger charge is 2.28. The van der Waals surface area contributed by atoms with Gasteiger partial charge in [0.2, 0.25) is 0 Å². The lowest BCUT2D eigenvalue weighted by atomic mass is 10.0. The molecule has 3 aromatic carbocycles. The molecular weight excluding hydrogens is 542 g/mol. The zero-order chi connectivity index (χ0) is 28.4. The zero-order valence-electron chi connectivity index (χ0n) is 21.9. The molecule has 4 rings (SSSR count). The van der Waals surface area contributed by atoms with Crippen molar-refractivity contribution in [3.8, 4) is 22.6 Å². The first-order valence-electron chi connectivity index (χ1n) is 12.4. The summed E-state index contributed by atoms with van der Waals surface area (Å²) in [5.74, 6) is -2.00. The molecular formula is C29H30ClNO7S. The number of rotatable bonds is 8. The number of aromatic hydroxyl groups is 1. The van der Waals surface area contributed by atoms with Crippen molar-refractivity contribution in [1.29, 1.82) is 0 Å². The van der Waals surface area contributed by atoms with Crippen LogP contribution in [0.4, 0.5) is 0 Å². The molecule has 1 saturated heterocycles. The van der Waals surface area contributed by atoms with Crippen molar-refractivity contribution in [2.24, 2.45) is 0 Å². The maximum absolute atomic E-state index is 13.6. The van der Waals surface area contributed by atoms with Gasteiger partial charge in [-0.15, -0.1) is 0 Å². The largest absolute Gasteiger partial charge is 0.505 e. The maximum atomic E-state index is 13.6. The highest BCUT2D eigenvalue weighted by Crippen LogP contribution is 2.37. The van der Waals surface area contributed by atoms with Crippen LogP contribution in [-0.4, -0.2) is 55.6 Å². The Balaban J connectivity index is 1.70. The predicted octanol–water partition coefficient (Wildman–Crippen LogP) is 5.25. The summed E-state index contributed by atoms with van der Waals surface area (Å²) in [6, 6.07) is 16.8. The van der Waals surface area contributed by atoms with Crippen molar-refractivity contribution in [1.82, 2.24) is 4.90 Å². The molecule has 1 N–H and O–H groups in total. The number of benzene rings is 3. The molecule has 0 atom stereocenters. The van der Waals surface area contributed by atoms with Gasteiger partial charge in [0, 0.05) is 24.2 Å². The molecule has 10 heteroatoms. The summed E-state index contributed by atoms with van der Waals surface area (Å²) in [6.45, 7) is 5.92. The van der Waals surface area contributed by atoms with Crippen molar-refractivity contribution in [3.05, 3.63) is 76.8 Å². The van der Waals surface area contributed by atoms with E-state index in [9.17, 15) is 23.1 Å². The molecule has 8 nitrogen and oxygen atoms in total. The average molecular weight is 572 g/mol. The summed E-state index contributed by atoms with van der Waals surface area (Å²) in [4.78, 5) is 26.1. The highest BCUT2D eigenvalue weighted by molar-refractivity contribution is 7.90. The lowest BCUT2D eigenvalue weighted by Gasteiger charge is -2.31. The van der Waals surface area contributed by atoms with Gasteiger partial charge < -0.3 is 19.5 Å². The minimum atomic E-state index is -4.23. The number of carbonyl (C=O) groups excluding carboxylic acids is 2. The fourth-order valence-electron chi connectivity index (χ4n) is 4.07. The van der Waals surface area contributed by atoms with Gasteiger partial charge in [0.15, 0.2) is 22.2 Å². The van der Waals surface area contributed by atoms with Crippen LogP contribution in [0.15, 0.2) is 65.6 Å². The molecule has 0 saturated carbocycles. The molecule has 1 heterocycles. The van der Waals surface area contributed by atoms with Crippen LogP contribution < -0.4 is 4.74 Å². The van der Waals surface area contributed by atoms with Crippen LogP contribution in [0.2, 0.25) is 5.02 Å². The zero-order valence-corrected chi connectivity index (χ0v) is 23.5.